The topological polar surface area (TPSA) is 92.1 Å². The maximum atomic E-state index is 12.6. The molecule has 3 N–H and O–H groups in total. The Morgan fingerprint density at radius 2 is 1.85 bits per heavy atom. The minimum Gasteiger partial charge on any atom is -0.355 e. The van der Waals surface area contributed by atoms with Crippen molar-refractivity contribution in [2.45, 2.75) is 12.5 Å². The van der Waals surface area contributed by atoms with E-state index >= 15 is 0 Å². The summed E-state index contributed by atoms with van der Waals surface area (Å²) in [6, 6.07) is 19.5. The van der Waals surface area contributed by atoms with Gasteiger partial charge in [-0.2, -0.15) is 4.98 Å². The van der Waals surface area contributed by atoms with Crippen LogP contribution in [0.1, 0.15) is 17.4 Å². The van der Waals surface area contributed by atoms with Crippen LogP contribution >= 0.6 is 0 Å². The minimum absolute atomic E-state index is 0.00753. The lowest BCUT2D eigenvalue weighted by atomic mass is 9.94. The highest BCUT2D eigenvalue weighted by Crippen LogP contribution is 2.24. The zero-order valence-electron chi connectivity index (χ0n) is 14.8. The molecule has 0 aliphatic carbocycles. The summed E-state index contributed by atoms with van der Waals surface area (Å²) in [5.74, 6) is 0.910. The van der Waals surface area contributed by atoms with Crippen molar-refractivity contribution in [2.24, 2.45) is 5.92 Å². The molecule has 1 aromatic heterocycles. The first-order valence-electron chi connectivity index (χ1n) is 9.00. The Kier molecular flexibility index (Phi) is 5.22. The number of rotatable bonds is 6. The lowest BCUT2D eigenvalue weighted by molar-refractivity contribution is -0.124. The van der Waals surface area contributed by atoms with Crippen molar-refractivity contribution in [1.82, 2.24) is 26.3 Å². The fourth-order valence-electron chi connectivity index (χ4n) is 3.20. The van der Waals surface area contributed by atoms with Crippen LogP contribution in [0, 0.1) is 5.92 Å². The Morgan fingerprint density at radius 3 is 2.63 bits per heavy atom. The van der Waals surface area contributed by atoms with Crippen LogP contribution in [0.2, 0.25) is 0 Å². The first-order chi connectivity index (χ1) is 13.3. The average molecular weight is 363 g/mol. The maximum absolute atomic E-state index is 12.6. The van der Waals surface area contributed by atoms with Crippen molar-refractivity contribution in [3.8, 4) is 11.5 Å². The molecular formula is C20H21N5O2. The zero-order chi connectivity index (χ0) is 18.5. The monoisotopic (exact) mass is 363 g/mol. The second kappa shape index (κ2) is 8.11. The van der Waals surface area contributed by atoms with Gasteiger partial charge < -0.3 is 9.84 Å². The van der Waals surface area contributed by atoms with E-state index < -0.39 is 0 Å². The zero-order valence-corrected chi connectivity index (χ0v) is 14.8. The van der Waals surface area contributed by atoms with E-state index in [1.165, 1.54) is 0 Å². The summed E-state index contributed by atoms with van der Waals surface area (Å²) in [5.41, 5.74) is 8.24. The van der Waals surface area contributed by atoms with Crippen molar-refractivity contribution in [3.63, 3.8) is 0 Å². The third kappa shape index (κ3) is 4.05. The molecule has 1 amide bonds. The summed E-state index contributed by atoms with van der Waals surface area (Å²) in [6.45, 7) is 1.05. The summed E-state index contributed by atoms with van der Waals surface area (Å²) in [4.78, 5) is 17.0. The second-order valence-electron chi connectivity index (χ2n) is 6.44. The highest BCUT2D eigenvalue weighted by molar-refractivity contribution is 5.80. The Balaban J connectivity index is 1.31. The van der Waals surface area contributed by atoms with Crippen LogP contribution in [0.15, 0.2) is 65.2 Å². The molecule has 0 saturated carbocycles. The number of hydrogen-bond acceptors (Lipinski definition) is 6. The Labute approximate surface area is 157 Å². The van der Waals surface area contributed by atoms with Crippen LogP contribution in [0.5, 0.6) is 0 Å². The van der Waals surface area contributed by atoms with Gasteiger partial charge in [0.05, 0.1) is 12.0 Å². The molecule has 7 nitrogen and oxygen atoms in total. The van der Waals surface area contributed by atoms with Gasteiger partial charge in [0, 0.05) is 25.1 Å². The van der Waals surface area contributed by atoms with Gasteiger partial charge in [-0.15, -0.1) is 0 Å². The van der Waals surface area contributed by atoms with Gasteiger partial charge in [-0.3, -0.25) is 10.2 Å². The van der Waals surface area contributed by atoms with Crippen LogP contribution in [0.4, 0.5) is 0 Å². The molecule has 1 fully saturated rings. The number of aromatic nitrogens is 2. The molecule has 0 bridgehead atoms. The maximum Gasteiger partial charge on any atom is 0.257 e. The predicted octanol–water partition coefficient (Wildman–Crippen LogP) is 1.86. The molecule has 2 unspecified atom stereocenters. The third-order valence-corrected chi connectivity index (χ3v) is 4.61. The summed E-state index contributed by atoms with van der Waals surface area (Å²) in [5, 5.41) is 6.97. The number of benzene rings is 2. The number of nitrogens with one attached hydrogen (secondary N) is 3. The van der Waals surface area contributed by atoms with Gasteiger partial charge in [-0.1, -0.05) is 53.7 Å². The van der Waals surface area contributed by atoms with Gasteiger partial charge in [-0.05, 0) is 17.7 Å². The Morgan fingerprint density at radius 1 is 1.11 bits per heavy atom. The van der Waals surface area contributed by atoms with Crippen LogP contribution in [0.3, 0.4) is 0 Å². The van der Waals surface area contributed by atoms with E-state index in [0.29, 0.717) is 31.2 Å². The molecular weight excluding hydrogens is 342 g/mol. The fourth-order valence-corrected chi connectivity index (χ4v) is 3.20. The van der Waals surface area contributed by atoms with E-state index in [1.807, 2.05) is 60.7 Å². The molecule has 2 aromatic carbocycles. The summed E-state index contributed by atoms with van der Waals surface area (Å²) in [7, 11) is 0. The molecule has 2 atom stereocenters. The minimum atomic E-state index is -0.169. The molecule has 1 aliphatic rings. The van der Waals surface area contributed by atoms with Crippen molar-refractivity contribution < 1.29 is 9.32 Å². The number of nitrogens with zero attached hydrogens (tertiary/aromatic N) is 2. The summed E-state index contributed by atoms with van der Waals surface area (Å²) < 4.78 is 5.29. The van der Waals surface area contributed by atoms with E-state index in [1.54, 1.807) is 0 Å². The lowest BCUT2D eigenvalue weighted by Crippen LogP contribution is -2.36. The van der Waals surface area contributed by atoms with Crippen molar-refractivity contribution in [2.75, 3.05) is 13.1 Å². The second-order valence-corrected chi connectivity index (χ2v) is 6.44. The molecule has 0 radical (unpaired) electrons. The molecule has 3 aromatic rings. The average Bonchev–Trinajstić information content (AvgIpc) is 3.39. The van der Waals surface area contributed by atoms with E-state index in [9.17, 15) is 4.79 Å². The van der Waals surface area contributed by atoms with E-state index in [2.05, 4.69) is 26.3 Å². The standard InChI is InChI=1S/C20H21N5O2/c26-19(16-13-22-24-18(16)14-7-3-1-4-8-14)21-12-11-17-23-20(27-25-17)15-9-5-2-6-10-15/h1-10,16,18,22,24H,11-13H2,(H,21,26). The number of hydrogen-bond donors (Lipinski definition) is 3. The summed E-state index contributed by atoms with van der Waals surface area (Å²) in [6.07, 6.45) is 0.519. The highest BCUT2D eigenvalue weighted by atomic mass is 16.5. The first kappa shape index (κ1) is 17.4. The van der Waals surface area contributed by atoms with Crippen molar-refractivity contribution in [1.29, 1.82) is 0 Å². The van der Waals surface area contributed by atoms with Gasteiger partial charge in [0.2, 0.25) is 5.91 Å². The van der Waals surface area contributed by atoms with E-state index in [4.69, 9.17) is 4.52 Å². The molecule has 2 heterocycles. The Bertz CT molecular complexity index is 882. The van der Waals surface area contributed by atoms with Gasteiger partial charge in [0.1, 0.15) is 0 Å². The summed E-state index contributed by atoms with van der Waals surface area (Å²) >= 11 is 0. The molecule has 4 rings (SSSR count). The molecule has 7 heteroatoms. The normalized spacial score (nSPS) is 19.1. The van der Waals surface area contributed by atoms with Gasteiger partial charge in [0.25, 0.3) is 5.89 Å². The van der Waals surface area contributed by atoms with E-state index in [0.717, 1.165) is 11.1 Å². The number of carbonyl (C=O) groups is 1. The third-order valence-electron chi connectivity index (χ3n) is 4.61. The number of amides is 1. The fraction of sp³-hybridized carbons (Fsp3) is 0.250. The number of carbonyl (C=O) groups excluding carboxylic acids is 1. The van der Waals surface area contributed by atoms with Gasteiger partial charge in [0.15, 0.2) is 5.82 Å². The highest BCUT2D eigenvalue weighted by Gasteiger charge is 2.33. The van der Waals surface area contributed by atoms with E-state index in [-0.39, 0.29) is 17.9 Å². The lowest BCUT2D eigenvalue weighted by Gasteiger charge is -2.18. The first-order valence-corrected chi connectivity index (χ1v) is 9.00. The number of hydrazine groups is 1. The van der Waals surface area contributed by atoms with Gasteiger partial charge in [-0.25, -0.2) is 5.43 Å². The van der Waals surface area contributed by atoms with Crippen LogP contribution in [-0.2, 0) is 11.2 Å². The van der Waals surface area contributed by atoms with Crippen LogP contribution in [-0.4, -0.2) is 29.1 Å². The van der Waals surface area contributed by atoms with Gasteiger partial charge >= 0.3 is 0 Å². The van der Waals surface area contributed by atoms with Crippen LogP contribution in [0.25, 0.3) is 11.5 Å². The van der Waals surface area contributed by atoms with Crippen molar-refractivity contribution >= 4 is 5.91 Å². The van der Waals surface area contributed by atoms with Crippen molar-refractivity contribution in [3.05, 3.63) is 72.1 Å². The SMILES string of the molecule is O=C(NCCc1noc(-c2ccccc2)n1)C1CNNC1c1ccccc1. The predicted molar refractivity (Wildman–Crippen MR) is 100 cm³/mol. The quantitative estimate of drug-likeness (QED) is 0.619. The molecule has 138 valence electrons. The molecule has 1 saturated heterocycles. The molecule has 1 aliphatic heterocycles. The molecule has 0 spiro atoms. The molecule has 27 heavy (non-hydrogen) atoms. The smallest absolute Gasteiger partial charge is 0.257 e. The van der Waals surface area contributed by atoms with Crippen LogP contribution < -0.4 is 16.2 Å². The Hall–Kier alpha value is -3.03. The largest absolute Gasteiger partial charge is 0.355 e.